The van der Waals surface area contributed by atoms with Gasteiger partial charge in [-0.2, -0.15) is 0 Å². The summed E-state index contributed by atoms with van der Waals surface area (Å²) in [6.45, 7) is 4.90. The zero-order valence-corrected chi connectivity index (χ0v) is 10.0. The molecule has 2 N–H and O–H groups in total. The molecular formula is C12H21NO3. The van der Waals surface area contributed by atoms with Gasteiger partial charge >= 0.3 is 0 Å². The maximum absolute atomic E-state index is 11.3. The second-order valence-corrected chi connectivity index (χ2v) is 4.00. The molecule has 0 aromatic carbocycles. The van der Waals surface area contributed by atoms with Crippen LogP contribution in [0.15, 0.2) is 0 Å². The molecule has 0 saturated carbocycles. The van der Waals surface area contributed by atoms with Gasteiger partial charge < -0.3 is 15.2 Å². The van der Waals surface area contributed by atoms with Gasteiger partial charge in [-0.25, -0.2) is 0 Å². The summed E-state index contributed by atoms with van der Waals surface area (Å²) in [5.41, 5.74) is 0. The maximum atomic E-state index is 11.3. The highest BCUT2D eigenvalue weighted by Crippen LogP contribution is 2.03. The van der Waals surface area contributed by atoms with Crippen molar-refractivity contribution in [1.82, 2.24) is 5.32 Å². The van der Waals surface area contributed by atoms with Crippen molar-refractivity contribution in [2.75, 3.05) is 19.8 Å². The van der Waals surface area contributed by atoms with Gasteiger partial charge in [0.05, 0.1) is 19.1 Å². The van der Waals surface area contributed by atoms with Crippen molar-refractivity contribution in [2.45, 2.75) is 32.8 Å². The van der Waals surface area contributed by atoms with E-state index in [1.807, 2.05) is 6.92 Å². The average Bonchev–Trinajstić information content (AvgIpc) is 2.20. The van der Waals surface area contributed by atoms with Gasteiger partial charge in [0.1, 0.15) is 6.61 Å². The first-order valence-corrected chi connectivity index (χ1v) is 5.52. The lowest BCUT2D eigenvalue weighted by molar-refractivity contribution is -0.122. The van der Waals surface area contributed by atoms with E-state index >= 15 is 0 Å². The number of ether oxygens (including phenoxy) is 1. The molecular weight excluding hydrogens is 206 g/mol. The molecule has 2 atom stereocenters. The van der Waals surface area contributed by atoms with E-state index in [0.717, 1.165) is 0 Å². The van der Waals surface area contributed by atoms with Crippen LogP contribution in [0.25, 0.3) is 0 Å². The topological polar surface area (TPSA) is 58.6 Å². The summed E-state index contributed by atoms with van der Waals surface area (Å²) in [6.07, 6.45) is 5.67. The van der Waals surface area contributed by atoms with Crippen LogP contribution in [0.3, 0.4) is 0 Å². The summed E-state index contributed by atoms with van der Waals surface area (Å²) < 4.78 is 4.99. The van der Waals surface area contributed by atoms with Gasteiger partial charge in [0.2, 0.25) is 5.91 Å². The number of nitrogens with one attached hydrogen (secondary N) is 1. The Hall–Kier alpha value is -1.05. The van der Waals surface area contributed by atoms with Crippen LogP contribution in [0.2, 0.25) is 0 Å². The van der Waals surface area contributed by atoms with Gasteiger partial charge in [-0.1, -0.05) is 12.8 Å². The quantitative estimate of drug-likeness (QED) is 0.470. The number of carbonyl (C=O) groups is 1. The van der Waals surface area contributed by atoms with E-state index in [1.54, 1.807) is 6.92 Å². The molecule has 0 aliphatic rings. The monoisotopic (exact) mass is 227 g/mol. The minimum Gasteiger partial charge on any atom is -0.393 e. The van der Waals surface area contributed by atoms with Crippen molar-refractivity contribution in [3.8, 4) is 12.3 Å². The Labute approximate surface area is 97.4 Å². The summed E-state index contributed by atoms with van der Waals surface area (Å²) >= 11 is 0. The first-order valence-electron chi connectivity index (χ1n) is 5.52. The van der Waals surface area contributed by atoms with E-state index in [0.29, 0.717) is 26.0 Å². The predicted octanol–water partition coefficient (Wildman–Crippen LogP) is 0.549. The van der Waals surface area contributed by atoms with Crippen molar-refractivity contribution in [3.63, 3.8) is 0 Å². The third kappa shape index (κ3) is 9.50. The molecule has 4 nitrogen and oxygen atoms in total. The third-order valence-corrected chi connectivity index (χ3v) is 2.05. The molecule has 0 saturated heterocycles. The smallest absolute Gasteiger partial charge is 0.222 e. The van der Waals surface area contributed by atoms with Gasteiger partial charge in [0.15, 0.2) is 0 Å². The SMILES string of the molecule is C#CCOCCC(=O)NCC(C)CC(C)O. The van der Waals surface area contributed by atoms with E-state index in [9.17, 15) is 4.79 Å². The van der Waals surface area contributed by atoms with Crippen molar-refractivity contribution in [1.29, 1.82) is 0 Å². The fourth-order valence-electron chi connectivity index (χ4n) is 1.34. The van der Waals surface area contributed by atoms with Crippen LogP contribution in [-0.2, 0) is 9.53 Å². The minimum absolute atomic E-state index is 0.0468. The minimum atomic E-state index is -0.328. The van der Waals surface area contributed by atoms with Crippen LogP contribution >= 0.6 is 0 Å². The Morgan fingerprint density at radius 2 is 2.25 bits per heavy atom. The van der Waals surface area contributed by atoms with Crippen LogP contribution in [0.1, 0.15) is 26.7 Å². The molecule has 0 rings (SSSR count). The Balaban J connectivity index is 3.46. The van der Waals surface area contributed by atoms with Crippen molar-refractivity contribution in [2.24, 2.45) is 5.92 Å². The lowest BCUT2D eigenvalue weighted by Gasteiger charge is -2.14. The van der Waals surface area contributed by atoms with Gasteiger partial charge in [-0.05, 0) is 19.3 Å². The molecule has 0 aliphatic carbocycles. The summed E-state index contributed by atoms with van der Waals surface area (Å²) in [5.74, 6) is 2.56. The van der Waals surface area contributed by atoms with Gasteiger partial charge in [0.25, 0.3) is 0 Å². The highest BCUT2D eigenvalue weighted by Gasteiger charge is 2.07. The number of terminal acetylenes is 1. The molecule has 0 heterocycles. The maximum Gasteiger partial charge on any atom is 0.222 e. The van der Waals surface area contributed by atoms with Gasteiger partial charge in [-0.15, -0.1) is 6.42 Å². The Kier molecular flexibility index (Phi) is 8.59. The van der Waals surface area contributed by atoms with Crippen molar-refractivity contribution in [3.05, 3.63) is 0 Å². The van der Waals surface area contributed by atoms with E-state index in [1.165, 1.54) is 0 Å². The fraction of sp³-hybridized carbons (Fsp3) is 0.750. The van der Waals surface area contributed by atoms with E-state index < -0.39 is 0 Å². The Bertz CT molecular complexity index is 233. The molecule has 0 bridgehead atoms. The number of rotatable bonds is 8. The Morgan fingerprint density at radius 1 is 1.56 bits per heavy atom. The number of hydrogen-bond donors (Lipinski definition) is 2. The summed E-state index contributed by atoms with van der Waals surface area (Å²) in [4.78, 5) is 11.3. The highest BCUT2D eigenvalue weighted by atomic mass is 16.5. The van der Waals surface area contributed by atoms with E-state index in [2.05, 4.69) is 11.2 Å². The number of carbonyl (C=O) groups excluding carboxylic acids is 1. The molecule has 2 unspecified atom stereocenters. The standard InChI is InChI=1S/C12H21NO3/c1-4-6-16-7-5-12(15)13-9-10(2)8-11(3)14/h1,10-11,14H,5-9H2,2-3H3,(H,13,15). The molecule has 0 aromatic rings. The zero-order chi connectivity index (χ0) is 12.4. The largest absolute Gasteiger partial charge is 0.393 e. The first kappa shape index (κ1) is 14.9. The van der Waals surface area contributed by atoms with Crippen molar-refractivity contribution < 1.29 is 14.6 Å². The predicted molar refractivity (Wildman–Crippen MR) is 62.7 cm³/mol. The molecule has 4 heteroatoms. The van der Waals surface area contributed by atoms with Crippen LogP contribution in [0, 0.1) is 18.3 Å². The third-order valence-electron chi connectivity index (χ3n) is 2.05. The summed E-state index contributed by atoms with van der Waals surface area (Å²) in [7, 11) is 0. The molecule has 92 valence electrons. The van der Waals surface area contributed by atoms with Crippen LogP contribution < -0.4 is 5.32 Å². The number of hydrogen-bond acceptors (Lipinski definition) is 3. The van der Waals surface area contributed by atoms with Crippen LogP contribution in [0.4, 0.5) is 0 Å². The van der Waals surface area contributed by atoms with Crippen molar-refractivity contribution >= 4 is 5.91 Å². The number of amides is 1. The lowest BCUT2D eigenvalue weighted by Crippen LogP contribution is -2.30. The number of aliphatic hydroxyl groups is 1. The van der Waals surface area contributed by atoms with Crippen LogP contribution in [0.5, 0.6) is 0 Å². The number of aliphatic hydroxyl groups excluding tert-OH is 1. The van der Waals surface area contributed by atoms with Gasteiger partial charge in [0, 0.05) is 6.54 Å². The van der Waals surface area contributed by atoms with E-state index in [-0.39, 0.29) is 24.5 Å². The fourth-order valence-corrected chi connectivity index (χ4v) is 1.34. The molecule has 0 radical (unpaired) electrons. The van der Waals surface area contributed by atoms with E-state index in [4.69, 9.17) is 16.3 Å². The Morgan fingerprint density at radius 3 is 2.81 bits per heavy atom. The summed E-state index contributed by atoms with van der Waals surface area (Å²) in [5, 5.41) is 11.9. The lowest BCUT2D eigenvalue weighted by atomic mass is 10.0. The van der Waals surface area contributed by atoms with Gasteiger partial charge in [-0.3, -0.25) is 4.79 Å². The molecule has 0 fully saturated rings. The zero-order valence-electron chi connectivity index (χ0n) is 10.0. The normalized spacial score (nSPS) is 13.9. The first-order chi connectivity index (χ1) is 7.56. The second kappa shape index (κ2) is 9.20. The molecule has 16 heavy (non-hydrogen) atoms. The highest BCUT2D eigenvalue weighted by molar-refractivity contribution is 5.75. The molecule has 0 aromatic heterocycles. The summed E-state index contributed by atoms with van der Waals surface area (Å²) in [6, 6.07) is 0. The second-order valence-electron chi connectivity index (χ2n) is 4.00. The van der Waals surface area contributed by atoms with Crippen LogP contribution in [-0.4, -0.2) is 36.9 Å². The molecule has 0 aliphatic heterocycles. The average molecular weight is 227 g/mol. The molecule has 0 spiro atoms. The molecule has 1 amide bonds.